The highest BCUT2D eigenvalue weighted by Gasteiger charge is 2.34. The molecule has 2 aliphatic rings. The Morgan fingerprint density at radius 2 is 1.70 bits per heavy atom. The SMILES string of the molecule is C=Cc1c(C)c2cc3nc(c(CCO)c4nc(cc5[nH]c(cc1[nH]2)c(C)c5CC)C(C)=C4C(=O)NCCCO)C(CCC(=O)O)C3C. The van der Waals surface area contributed by atoms with Crippen molar-refractivity contribution in [3.05, 3.63) is 75.4 Å². The summed E-state index contributed by atoms with van der Waals surface area (Å²) < 4.78 is 0. The number of fused-ring (bicyclic) bond motifs is 8. The zero-order valence-electron chi connectivity index (χ0n) is 27.9. The predicted molar refractivity (Wildman–Crippen MR) is 186 cm³/mol. The fourth-order valence-electron chi connectivity index (χ4n) is 6.94. The number of nitrogens with zero attached hydrogens (tertiary/aromatic N) is 2. The summed E-state index contributed by atoms with van der Waals surface area (Å²) in [6.07, 6.45) is 3.50. The van der Waals surface area contributed by atoms with Crippen LogP contribution in [0.4, 0.5) is 0 Å². The van der Waals surface area contributed by atoms with Gasteiger partial charge in [-0.25, -0.2) is 4.98 Å². The predicted octanol–water partition coefficient (Wildman–Crippen LogP) is 5.85. The van der Waals surface area contributed by atoms with E-state index in [-0.39, 0.29) is 43.8 Å². The lowest BCUT2D eigenvalue weighted by Crippen LogP contribution is -2.26. The molecule has 5 rings (SSSR count). The molecule has 0 aliphatic carbocycles. The Bertz CT molecular complexity index is 1930. The van der Waals surface area contributed by atoms with E-state index < -0.39 is 5.97 Å². The van der Waals surface area contributed by atoms with E-state index >= 15 is 0 Å². The number of amides is 1. The lowest BCUT2D eigenvalue weighted by atomic mass is 9.84. The van der Waals surface area contributed by atoms with Gasteiger partial charge >= 0.3 is 5.97 Å². The van der Waals surface area contributed by atoms with Gasteiger partial charge in [-0.2, -0.15) is 0 Å². The lowest BCUT2D eigenvalue weighted by molar-refractivity contribution is -0.137. The van der Waals surface area contributed by atoms with Gasteiger partial charge in [0.25, 0.3) is 5.91 Å². The van der Waals surface area contributed by atoms with Crippen LogP contribution >= 0.6 is 0 Å². The maximum atomic E-state index is 13.8. The van der Waals surface area contributed by atoms with E-state index in [0.29, 0.717) is 53.2 Å². The van der Waals surface area contributed by atoms with E-state index in [1.165, 1.54) is 0 Å². The summed E-state index contributed by atoms with van der Waals surface area (Å²) in [7, 11) is 0. The maximum absolute atomic E-state index is 13.8. The number of aromatic amines is 2. The number of carboxylic acid groups (broad SMARTS) is 1. The van der Waals surface area contributed by atoms with Gasteiger partial charge in [0.2, 0.25) is 0 Å². The molecule has 2 atom stereocenters. The third-order valence-corrected chi connectivity index (χ3v) is 9.61. The Hall–Kier alpha value is -4.54. The molecule has 0 radical (unpaired) electrons. The van der Waals surface area contributed by atoms with Crippen molar-refractivity contribution in [2.75, 3.05) is 19.8 Å². The van der Waals surface area contributed by atoms with Crippen LogP contribution in [0.25, 0.3) is 39.3 Å². The molecule has 0 saturated carbocycles. The topological polar surface area (TPSA) is 164 Å². The van der Waals surface area contributed by atoms with Crippen LogP contribution in [-0.2, 0) is 22.4 Å². The van der Waals surface area contributed by atoms with Gasteiger partial charge in [-0.3, -0.25) is 14.6 Å². The van der Waals surface area contributed by atoms with E-state index in [4.69, 9.17) is 9.97 Å². The molecule has 248 valence electrons. The first-order valence-corrected chi connectivity index (χ1v) is 16.4. The standard InChI is InChI=1S/C37H45N5O5/c1-7-23-19(3)27-16-29-21(5)25(10-11-33(45)46)35(41-29)26(12-15-44)36-34(37(47)38-13-9-14-43)22(6)30(42-36)18-32-24(8-2)20(4)28(40-32)17-31(23)39-27/h7,16-18,21,25,39-40,43-44H,1,8-15H2,2-6H3,(H,38,47)(H,45,46). The number of carbonyl (C=O) groups is 2. The maximum Gasteiger partial charge on any atom is 0.303 e. The number of aromatic nitrogens is 4. The molecule has 6 N–H and O–H groups in total. The number of hydrogen-bond donors (Lipinski definition) is 6. The Morgan fingerprint density at radius 3 is 2.36 bits per heavy atom. The molecule has 8 bridgehead atoms. The second-order valence-electron chi connectivity index (χ2n) is 12.4. The molecule has 2 aliphatic heterocycles. The van der Waals surface area contributed by atoms with Crippen molar-refractivity contribution in [3.8, 4) is 0 Å². The van der Waals surface area contributed by atoms with Crippen LogP contribution in [0.3, 0.4) is 0 Å². The van der Waals surface area contributed by atoms with Crippen LogP contribution < -0.4 is 5.32 Å². The number of aliphatic carboxylic acids is 1. The van der Waals surface area contributed by atoms with Crippen molar-refractivity contribution in [1.29, 1.82) is 0 Å². The molecule has 3 aromatic rings. The molecule has 0 saturated heterocycles. The van der Waals surface area contributed by atoms with E-state index in [2.05, 4.69) is 41.8 Å². The molecule has 5 heterocycles. The van der Waals surface area contributed by atoms with Crippen molar-refractivity contribution in [3.63, 3.8) is 0 Å². The average molecular weight is 640 g/mol. The number of aliphatic hydroxyl groups is 2. The molecule has 0 aromatic carbocycles. The van der Waals surface area contributed by atoms with Crippen LogP contribution in [0.5, 0.6) is 0 Å². The van der Waals surface area contributed by atoms with E-state index in [1.54, 1.807) is 0 Å². The minimum absolute atomic E-state index is 0.0515. The molecule has 1 amide bonds. The third kappa shape index (κ3) is 6.40. The zero-order chi connectivity index (χ0) is 34.0. The highest BCUT2D eigenvalue weighted by Crippen LogP contribution is 2.43. The van der Waals surface area contributed by atoms with Gasteiger partial charge in [0.15, 0.2) is 0 Å². The Kier molecular flexibility index (Phi) is 10.1. The molecular weight excluding hydrogens is 594 g/mol. The first-order chi connectivity index (χ1) is 22.5. The first kappa shape index (κ1) is 33.8. The summed E-state index contributed by atoms with van der Waals surface area (Å²) in [6, 6.07) is 6.08. The molecule has 10 nitrogen and oxygen atoms in total. The van der Waals surface area contributed by atoms with Crippen LogP contribution in [-0.4, -0.2) is 66.9 Å². The quantitative estimate of drug-likeness (QED) is 0.143. The van der Waals surface area contributed by atoms with Crippen molar-refractivity contribution >= 4 is 51.2 Å². The Labute approximate surface area is 274 Å². The van der Waals surface area contributed by atoms with E-state index in [0.717, 1.165) is 56.4 Å². The number of nitrogens with one attached hydrogen (secondary N) is 3. The molecule has 0 fully saturated rings. The van der Waals surface area contributed by atoms with Gasteiger partial charge in [-0.1, -0.05) is 26.5 Å². The number of rotatable bonds is 11. The highest BCUT2D eigenvalue weighted by molar-refractivity contribution is 6.27. The molecular formula is C37H45N5O5. The minimum Gasteiger partial charge on any atom is -0.481 e. The smallest absolute Gasteiger partial charge is 0.303 e. The second-order valence-corrected chi connectivity index (χ2v) is 12.4. The largest absolute Gasteiger partial charge is 0.481 e. The van der Waals surface area contributed by atoms with Crippen LogP contribution in [0.1, 0.15) is 102 Å². The number of carboxylic acids is 1. The summed E-state index contributed by atoms with van der Waals surface area (Å²) >= 11 is 0. The summed E-state index contributed by atoms with van der Waals surface area (Å²) in [4.78, 5) is 43.0. The van der Waals surface area contributed by atoms with Gasteiger partial charge in [-0.15, -0.1) is 0 Å². The van der Waals surface area contributed by atoms with Crippen LogP contribution in [0.15, 0.2) is 24.8 Å². The minimum atomic E-state index is -0.901. The summed E-state index contributed by atoms with van der Waals surface area (Å²) in [6.45, 7) is 14.3. The van der Waals surface area contributed by atoms with E-state index in [1.807, 2.05) is 39.0 Å². The summed E-state index contributed by atoms with van der Waals surface area (Å²) in [5.74, 6) is -1.64. The monoisotopic (exact) mass is 639 g/mol. The number of aryl methyl sites for hydroxylation is 3. The number of carbonyl (C=O) groups excluding carboxylic acids is 1. The van der Waals surface area contributed by atoms with Gasteiger partial charge in [-0.05, 0) is 86.9 Å². The van der Waals surface area contributed by atoms with Gasteiger partial charge < -0.3 is 30.6 Å². The molecule has 0 spiro atoms. The highest BCUT2D eigenvalue weighted by atomic mass is 16.4. The van der Waals surface area contributed by atoms with Crippen molar-refractivity contribution in [1.82, 2.24) is 25.3 Å². The number of allylic oxidation sites excluding steroid dienone is 1. The normalized spacial score (nSPS) is 16.1. The molecule has 2 unspecified atom stereocenters. The molecule has 10 heteroatoms. The second kappa shape index (κ2) is 14.1. The average Bonchev–Trinajstić information content (AvgIpc) is 3.71. The first-order valence-electron chi connectivity index (χ1n) is 16.4. The van der Waals surface area contributed by atoms with Crippen molar-refractivity contribution < 1.29 is 24.9 Å². The molecule has 3 aromatic heterocycles. The number of hydrogen-bond acceptors (Lipinski definition) is 6. The Balaban J connectivity index is 1.97. The van der Waals surface area contributed by atoms with Gasteiger partial charge in [0.1, 0.15) is 0 Å². The number of H-pyrrole nitrogens is 2. The van der Waals surface area contributed by atoms with Crippen molar-refractivity contribution in [2.45, 2.75) is 78.6 Å². The van der Waals surface area contributed by atoms with Crippen molar-refractivity contribution in [2.24, 2.45) is 0 Å². The van der Waals surface area contributed by atoms with Crippen LogP contribution in [0.2, 0.25) is 0 Å². The van der Waals surface area contributed by atoms with Gasteiger partial charge in [0.05, 0.1) is 17.0 Å². The van der Waals surface area contributed by atoms with Gasteiger partial charge in [0, 0.05) is 82.6 Å². The molecule has 47 heavy (non-hydrogen) atoms. The Morgan fingerprint density at radius 1 is 0.979 bits per heavy atom. The fraction of sp³-hybridized carbons (Fsp3) is 0.405. The van der Waals surface area contributed by atoms with Crippen LogP contribution in [0, 0.1) is 13.8 Å². The van der Waals surface area contributed by atoms with E-state index in [9.17, 15) is 24.9 Å². The summed E-state index contributed by atoms with van der Waals surface area (Å²) in [5.41, 5.74) is 12.1. The number of aliphatic hydroxyl groups excluding tert-OH is 2. The fourth-order valence-corrected chi connectivity index (χ4v) is 6.94. The third-order valence-electron chi connectivity index (χ3n) is 9.61. The lowest BCUT2D eigenvalue weighted by Gasteiger charge is -2.18. The summed E-state index contributed by atoms with van der Waals surface area (Å²) in [5, 5.41) is 32.3. The zero-order valence-corrected chi connectivity index (χ0v) is 27.9.